The van der Waals surface area contributed by atoms with Crippen LogP contribution in [0.5, 0.6) is 0 Å². The summed E-state index contributed by atoms with van der Waals surface area (Å²) in [6.45, 7) is 12.8. The molecule has 3 N–H and O–H groups in total. The van der Waals surface area contributed by atoms with Gasteiger partial charge in [0.1, 0.15) is 5.02 Å². The first-order chi connectivity index (χ1) is 16.5. The van der Waals surface area contributed by atoms with Gasteiger partial charge >= 0.3 is 0 Å². The first-order valence-electron chi connectivity index (χ1n) is 12.4. The lowest BCUT2D eigenvalue weighted by Crippen LogP contribution is -2.33. The minimum atomic E-state index is -0.239. The third kappa shape index (κ3) is 6.42. The van der Waals surface area contributed by atoms with E-state index < -0.39 is 0 Å². The van der Waals surface area contributed by atoms with Crippen LogP contribution in [0.1, 0.15) is 72.9 Å². The molecule has 0 aliphatic heterocycles. The Balaban J connectivity index is 1.64. The van der Waals surface area contributed by atoms with E-state index in [4.69, 9.17) is 11.6 Å². The van der Waals surface area contributed by atoms with Gasteiger partial charge in [0, 0.05) is 35.0 Å². The van der Waals surface area contributed by atoms with Crippen molar-refractivity contribution in [3.63, 3.8) is 0 Å². The number of nitrogens with zero attached hydrogens (tertiary/aromatic N) is 3. The Morgan fingerprint density at radius 2 is 1.83 bits per heavy atom. The third-order valence-electron chi connectivity index (χ3n) is 6.18. The fourth-order valence-corrected chi connectivity index (χ4v) is 4.37. The molecule has 0 saturated carbocycles. The number of H-pyrrole nitrogens is 1. The van der Waals surface area contributed by atoms with Crippen LogP contribution >= 0.6 is 11.6 Å². The normalized spacial score (nSPS) is 13.6. The molecular formula is C26H37ClN6O2. The largest absolute Gasteiger partial charge is 0.356 e. The number of halogens is 1. The summed E-state index contributed by atoms with van der Waals surface area (Å²) in [7, 11) is 0. The first-order valence-corrected chi connectivity index (χ1v) is 12.8. The second kappa shape index (κ2) is 11.2. The van der Waals surface area contributed by atoms with Crippen LogP contribution in [0.2, 0.25) is 5.02 Å². The average Bonchev–Trinajstić information content (AvgIpc) is 3.37. The Bertz CT molecular complexity index is 1160. The van der Waals surface area contributed by atoms with Crippen LogP contribution in [0.4, 0.5) is 5.69 Å². The second-order valence-corrected chi connectivity index (χ2v) is 10.6. The van der Waals surface area contributed by atoms with Gasteiger partial charge in [0.05, 0.1) is 5.69 Å². The van der Waals surface area contributed by atoms with E-state index in [-0.39, 0.29) is 29.1 Å². The lowest BCUT2D eigenvalue weighted by molar-refractivity contribution is -0.126. The molecule has 2 amide bonds. The van der Waals surface area contributed by atoms with Gasteiger partial charge in [-0.1, -0.05) is 59.6 Å². The summed E-state index contributed by atoms with van der Waals surface area (Å²) >= 11 is 6.53. The number of unbranched alkanes of at least 4 members (excludes halogenated alkanes) is 1. The van der Waals surface area contributed by atoms with Crippen molar-refractivity contribution in [1.82, 2.24) is 25.1 Å². The summed E-state index contributed by atoms with van der Waals surface area (Å²) in [5.41, 5.74) is 2.83. The van der Waals surface area contributed by atoms with Gasteiger partial charge in [-0.15, -0.1) is 5.10 Å². The first kappa shape index (κ1) is 26.7. The van der Waals surface area contributed by atoms with Crippen LogP contribution in [0.15, 0.2) is 24.3 Å². The van der Waals surface area contributed by atoms with Gasteiger partial charge < -0.3 is 10.6 Å². The highest BCUT2D eigenvalue weighted by atomic mass is 35.5. The molecule has 8 nitrogen and oxygen atoms in total. The summed E-state index contributed by atoms with van der Waals surface area (Å²) in [6.07, 6.45) is 3.17. The van der Waals surface area contributed by atoms with E-state index in [1.807, 2.05) is 38.1 Å². The number of nitrogens with one attached hydrogen (secondary N) is 3. The van der Waals surface area contributed by atoms with Gasteiger partial charge in [0.2, 0.25) is 11.8 Å². The number of anilines is 1. The Hall–Kier alpha value is -2.87. The monoisotopic (exact) mass is 500 g/mol. The van der Waals surface area contributed by atoms with Gasteiger partial charge in [-0.25, -0.2) is 4.98 Å². The lowest BCUT2D eigenvalue weighted by atomic mass is 9.92. The predicted molar refractivity (Wildman–Crippen MR) is 141 cm³/mol. The van der Waals surface area contributed by atoms with E-state index in [1.165, 1.54) is 0 Å². The summed E-state index contributed by atoms with van der Waals surface area (Å²) in [5, 5.41) is 14.2. The van der Waals surface area contributed by atoms with Gasteiger partial charge in [0.25, 0.3) is 0 Å². The van der Waals surface area contributed by atoms with Crippen LogP contribution < -0.4 is 10.6 Å². The van der Waals surface area contributed by atoms with Crippen LogP contribution in [-0.4, -0.2) is 38.2 Å². The molecule has 35 heavy (non-hydrogen) atoms. The molecule has 3 aromatic rings. The lowest BCUT2D eigenvalue weighted by Gasteiger charge is -2.19. The van der Waals surface area contributed by atoms with Crippen LogP contribution in [0.25, 0.3) is 17.0 Å². The highest BCUT2D eigenvalue weighted by molar-refractivity contribution is 6.34. The van der Waals surface area contributed by atoms with E-state index >= 15 is 0 Å². The summed E-state index contributed by atoms with van der Waals surface area (Å²) in [4.78, 5) is 29.7. The quantitative estimate of drug-likeness (QED) is 0.316. The van der Waals surface area contributed by atoms with Crippen LogP contribution in [0, 0.1) is 11.8 Å². The second-order valence-electron chi connectivity index (χ2n) is 10.2. The number of carbonyl (C=O) groups is 2. The van der Waals surface area contributed by atoms with E-state index in [0.717, 1.165) is 24.1 Å². The molecule has 190 valence electrons. The number of hydrogen-bond acceptors (Lipinski definition) is 4. The molecule has 2 unspecified atom stereocenters. The van der Waals surface area contributed by atoms with Gasteiger partial charge in [-0.2, -0.15) is 4.63 Å². The number of fused-ring (bicyclic) bond motifs is 1. The molecule has 0 radical (unpaired) electrons. The van der Waals surface area contributed by atoms with E-state index in [9.17, 15) is 9.59 Å². The van der Waals surface area contributed by atoms with E-state index in [2.05, 4.69) is 53.5 Å². The maximum absolute atomic E-state index is 12.9. The number of rotatable bonds is 10. The zero-order valence-corrected chi connectivity index (χ0v) is 22.3. The third-order valence-corrected chi connectivity index (χ3v) is 6.54. The molecule has 2 aromatic heterocycles. The van der Waals surface area contributed by atoms with Crippen LogP contribution in [0.3, 0.4) is 0 Å². The summed E-state index contributed by atoms with van der Waals surface area (Å²) in [6, 6.07) is 7.40. The maximum atomic E-state index is 12.9. The Labute approximate surface area is 212 Å². The number of amides is 2. The highest BCUT2D eigenvalue weighted by Crippen LogP contribution is 2.32. The number of carbonyl (C=O) groups excluding carboxylic acids is 2. The number of hydrogen-bond donors (Lipinski definition) is 3. The van der Waals surface area contributed by atoms with Crippen molar-refractivity contribution < 1.29 is 9.59 Å². The van der Waals surface area contributed by atoms with Crippen molar-refractivity contribution >= 4 is 34.7 Å². The minimum Gasteiger partial charge on any atom is -0.356 e. The zero-order chi connectivity index (χ0) is 25.8. The molecule has 0 bridgehead atoms. The number of benzene rings is 1. The molecule has 0 spiro atoms. The minimum absolute atomic E-state index is 0.00702. The molecule has 1 aromatic carbocycles. The van der Waals surface area contributed by atoms with Crippen molar-refractivity contribution in [3.05, 3.63) is 35.0 Å². The molecule has 0 fully saturated rings. The zero-order valence-electron chi connectivity index (χ0n) is 21.5. The topological polar surface area (TPSA) is 104 Å². The van der Waals surface area contributed by atoms with Gasteiger partial charge in [-0.3, -0.25) is 14.7 Å². The fourth-order valence-electron chi connectivity index (χ4n) is 3.92. The Morgan fingerprint density at radius 1 is 1.14 bits per heavy atom. The average molecular weight is 501 g/mol. The molecule has 9 heteroatoms. The Kier molecular flexibility index (Phi) is 8.59. The predicted octanol–water partition coefficient (Wildman–Crippen LogP) is 5.58. The van der Waals surface area contributed by atoms with Gasteiger partial charge in [0.15, 0.2) is 11.5 Å². The standard InChI is InChI=1S/C26H37ClN6O2/c1-7-9-14-28-24(34)16(3)15-17(8-2)25(35)29-19-12-10-18(11-13-19)22-30-23-20(27)21(26(4,5)6)31-33(23)32-22/h10-13,16-17,31H,7-9,14-15H2,1-6H3,(H,28,34)(H,29,35). The van der Waals surface area contributed by atoms with E-state index in [0.29, 0.717) is 41.6 Å². The molecule has 2 atom stereocenters. The van der Waals surface area contributed by atoms with Crippen molar-refractivity contribution in [3.8, 4) is 11.4 Å². The molecule has 0 aliphatic carbocycles. The van der Waals surface area contributed by atoms with Gasteiger partial charge in [-0.05, 0) is 43.5 Å². The maximum Gasteiger partial charge on any atom is 0.227 e. The van der Waals surface area contributed by atoms with Crippen molar-refractivity contribution in [2.24, 2.45) is 11.8 Å². The molecule has 2 heterocycles. The number of aromatic amines is 1. The summed E-state index contributed by atoms with van der Waals surface area (Å²) < 4.78 is 1.60. The van der Waals surface area contributed by atoms with Crippen molar-refractivity contribution in [2.75, 3.05) is 11.9 Å². The SMILES string of the molecule is CCCCNC(=O)C(C)CC(CC)C(=O)Nc1ccc(-c2nc3c(Cl)c(C(C)(C)C)[nH]n3n2)cc1. The van der Waals surface area contributed by atoms with Crippen molar-refractivity contribution in [2.45, 2.75) is 72.6 Å². The summed E-state index contributed by atoms with van der Waals surface area (Å²) in [5.74, 6) is 0.0188. The smallest absolute Gasteiger partial charge is 0.227 e. The molecule has 0 saturated heterocycles. The fraction of sp³-hybridized carbons (Fsp3) is 0.538. The van der Waals surface area contributed by atoms with Crippen molar-refractivity contribution in [1.29, 1.82) is 0 Å². The molecule has 0 aliphatic rings. The molecular weight excluding hydrogens is 464 g/mol. The molecule has 3 rings (SSSR count). The highest BCUT2D eigenvalue weighted by Gasteiger charge is 2.25. The number of aromatic nitrogens is 4. The van der Waals surface area contributed by atoms with Crippen LogP contribution in [-0.2, 0) is 15.0 Å². The van der Waals surface area contributed by atoms with E-state index in [1.54, 1.807) is 4.63 Å². The Morgan fingerprint density at radius 3 is 2.40 bits per heavy atom.